The molecule has 0 fully saturated rings. The lowest BCUT2D eigenvalue weighted by atomic mass is 10.1. The van der Waals surface area contributed by atoms with Crippen molar-refractivity contribution in [2.24, 2.45) is 0 Å². The maximum Gasteiger partial charge on any atom is 0.274 e. The summed E-state index contributed by atoms with van der Waals surface area (Å²) in [5.74, 6) is 0.527. The molecule has 0 atom stereocenters. The van der Waals surface area contributed by atoms with Crippen molar-refractivity contribution in [3.05, 3.63) is 65.4 Å². The lowest BCUT2D eigenvalue weighted by molar-refractivity contribution is 0.0946. The number of nitrogens with one attached hydrogen (secondary N) is 1. The average molecular weight is 296 g/mol. The lowest BCUT2D eigenvalue weighted by Gasteiger charge is -2.08. The molecule has 5 nitrogen and oxygen atoms in total. The Balaban J connectivity index is 1.76. The van der Waals surface area contributed by atoms with Gasteiger partial charge in [0.2, 0.25) is 5.76 Å². The SMILES string of the molecule is Cc1ccc(C)c(CNC(=O)c2ncoc2-c2ccco2)c1. The second kappa shape index (κ2) is 5.89. The first-order valence-corrected chi connectivity index (χ1v) is 6.97. The Kier molecular flexibility index (Phi) is 3.78. The number of aryl methyl sites for hydroxylation is 2. The Labute approximate surface area is 128 Å². The monoisotopic (exact) mass is 296 g/mol. The molecule has 2 aromatic heterocycles. The maximum absolute atomic E-state index is 12.3. The van der Waals surface area contributed by atoms with Gasteiger partial charge in [0.1, 0.15) is 0 Å². The summed E-state index contributed by atoms with van der Waals surface area (Å²) in [6, 6.07) is 9.61. The molecular weight excluding hydrogens is 280 g/mol. The highest BCUT2D eigenvalue weighted by molar-refractivity contribution is 5.97. The first-order chi connectivity index (χ1) is 10.6. The fraction of sp³-hybridized carbons (Fsp3) is 0.176. The van der Waals surface area contributed by atoms with Gasteiger partial charge in [-0.3, -0.25) is 4.79 Å². The molecule has 0 unspecified atom stereocenters. The molecule has 0 aliphatic rings. The quantitative estimate of drug-likeness (QED) is 0.800. The number of amides is 1. The van der Waals surface area contributed by atoms with Crippen LogP contribution >= 0.6 is 0 Å². The number of rotatable bonds is 4. The fourth-order valence-corrected chi connectivity index (χ4v) is 2.24. The van der Waals surface area contributed by atoms with Crippen LogP contribution in [0.25, 0.3) is 11.5 Å². The number of carbonyl (C=O) groups is 1. The van der Waals surface area contributed by atoms with Crippen LogP contribution in [0.4, 0.5) is 0 Å². The Morgan fingerprint density at radius 1 is 1.23 bits per heavy atom. The summed E-state index contributed by atoms with van der Waals surface area (Å²) in [5.41, 5.74) is 3.60. The predicted octanol–water partition coefficient (Wildman–Crippen LogP) is 3.48. The summed E-state index contributed by atoms with van der Waals surface area (Å²) in [6.45, 7) is 4.49. The van der Waals surface area contributed by atoms with Crippen molar-refractivity contribution in [1.29, 1.82) is 0 Å². The van der Waals surface area contributed by atoms with Crippen molar-refractivity contribution in [2.45, 2.75) is 20.4 Å². The summed E-state index contributed by atoms with van der Waals surface area (Å²) in [6.07, 6.45) is 2.76. The topological polar surface area (TPSA) is 68.3 Å². The Morgan fingerprint density at radius 3 is 2.86 bits per heavy atom. The molecule has 0 bridgehead atoms. The van der Waals surface area contributed by atoms with Gasteiger partial charge in [-0.05, 0) is 37.1 Å². The summed E-state index contributed by atoms with van der Waals surface area (Å²) >= 11 is 0. The van der Waals surface area contributed by atoms with E-state index in [1.807, 2.05) is 26.0 Å². The number of carbonyl (C=O) groups excluding carboxylic acids is 1. The van der Waals surface area contributed by atoms with Crippen LogP contribution in [0.5, 0.6) is 0 Å². The van der Waals surface area contributed by atoms with E-state index in [1.165, 1.54) is 12.7 Å². The van der Waals surface area contributed by atoms with Crippen LogP contribution in [0.2, 0.25) is 0 Å². The molecule has 1 amide bonds. The van der Waals surface area contributed by atoms with Gasteiger partial charge in [-0.2, -0.15) is 0 Å². The zero-order valence-electron chi connectivity index (χ0n) is 12.4. The molecule has 0 spiro atoms. The van der Waals surface area contributed by atoms with E-state index >= 15 is 0 Å². The number of hydrogen-bond donors (Lipinski definition) is 1. The zero-order valence-corrected chi connectivity index (χ0v) is 12.4. The molecule has 0 aliphatic heterocycles. The molecular formula is C17H16N2O3. The molecule has 5 heteroatoms. The van der Waals surface area contributed by atoms with E-state index in [2.05, 4.69) is 16.4 Å². The highest BCUT2D eigenvalue weighted by Crippen LogP contribution is 2.23. The van der Waals surface area contributed by atoms with Gasteiger partial charge in [0.25, 0.3) is 5.91 Å². The number of oxazole rings is 1. The Bertz CT molecular complexity index is 788. The van der Waals surface area contributed by atoms with E-state index in [0.29, 0.717) is 18.1 Å². The Morgan fingerprint density at radius 2 is 2.09 bits per heavy atom. The molecule has 0 saturated heterocycles. The van der Waals surface area contributed by atoms with E-state index in [1.54, 1.807) is 12.1 Å². The number of furan rings is 1. The van der Waals surface area contributed by atoms with Gasteiger partial charge in [-0.25, -0.2) is 4.98 Å². The van der Waals surface area contributed by atoms with Gasteiger partial charge in [0.05, 0.1) is 6.26 Å². The largest absolute Gasteiger partial charge is 0.461 e. The summed E-state index contributed by atoms with van der Waals surface area (Å²) in [5, 5.41) is 2.87. The first kappa shape index (κ1) is 14.1. The molecule has 1 N–H and O–H groups in total. The third kappa shape index (κ3) is 2.79. The zero-order chi connectivity index (χ0) is 15.5. The molecule has 0 aliphatic carbocycles. The minimum absolute atomic E-state index is 0.222. The normalized spacial score (nSPS) is 10.6. The third-order valence-corrected chi connectivity index (χ3v) is 3.47. The molecule has 0 radical (unpaired) electrons. The minimum Gasteiger partial charge on any atom is -0.461 e. The maximum atomic E-state index is 12.3. The van der Waals surface area contributed by atoms with Gasteiger partial charge in [-0.1, -0.05) is 23.8 Å². The van der Waals surface area contributed by atoms with Gasteiger partial charge in [-0.15, -0.1) is 0 Å². The number of benzene rings is 1. The van der Waals surface area contributed by atoms with Crippen LogP contribution in [0.3, 0.4) is 0 Å². The Hall–Kier alpha value is -2.82. The van der Waals surface area contributed by atoms with Crippen molar-refractivity contribution in [2.75, 3.05) is 0 Å². The molecule has 2 heterocycles. The summed E-state index contributed by atoms with van der Waals surface area (Å²) in [7, 11) is 0. The standard InChI is InChI=1S/C17H16N2O3/c1-11-5-6-12(2)13(8-11)9-18-17(20)15-16(22-10-19-15)14-4-3-7-21-14/h3-8,10H,9H2,1-2H3,(H,18,20). The van der Waals surface area contributed by atoms with E-state index < -0.39 is 0 Å². The van der Waals surface area contributed by atoms with E-state index in [-0.39, 0.29) is 11.6 Å². The summed E-state index contributed by atoms with van der Waals surface area (Å²) < 4.78 is 10.5. The highest BCUT2D eigenvalue weighted by atomic mass is 16.4. The second-order valence-electron chi connectivity index (χ2n) is 5.12. The van der Waals surface area contributed by atoms with Gasteiger partial charge < -0.3 is 14.2 Å². The summed E-state index contributed by atoms with van der Waals surface area (Å²) in [4.78, 5) is 16.3. The van der Waals surface area contributed by atoms with Gasteiger partial charge in [0, 0.05) is 6.54 Å². The smallest absolute Gasteiger partial charge is 0.274 e. The van der Waals surface area contributed by atoms with Crippen molar-refractivity contribution in [3.63, 3.8) is 0 Å². The molecule has 112 valence electrons. The first-order valence-electron chi connectivity index (χ1n) is 6.97. The molecule has 0 saturated carbocycles. The van der Waals surface area contributed by atoms with Gasteiger partial charge >= 0.3 is 0 Å². The van der Waals surface area contributed by atoms with Crippen LogP contribution in [0, 0.1) is 13.8 Å². The van der Waals surface area contributed by atoms with Crippen molar-refractivity contribution in [1.82, 2.24) is 10.3 Å². The van der Waals surface area contributed by atoms with E-state index in [4.69, 9.17) is 8.83 Å². The van der Waals surface area contributed by atoms with Crippen molar-refractivity contribution in [3.8, 4) is 11.5 Å². The molecule has 1 aromatic carbocycles. The van der Waals surface area contributed by atoms with E-state index in [9.17, 15) is 4.79 Å². The number of nitrogens with zero attached hydrogens (tertiary/aromatic N) is 1. The van der Waals surface area contributed by atoms with Crippen LogP contribution in [0.1, 0.15) is 27.2 Å². The van der Waals surface area contributed by atoms with Crippen molar-refractivity contribution < 1.29 is 13.6 Å². The van der Waals surface area contributed by atoms with Crippen LogP contribution < -0.4 is 5.32 Å². The van der Waals surface area contributed by atoms with Crippen LogP contribution in [-0.4, -0.2) is 10.9 Å². The highest BCUT2D eigenvalue weighted by Gasteiger charge is 2.19. The van der Waals surface area contributed by atoms with Gasteiger partial charge in [0.15, 0.2) is 17.8 Å². The van der Waals surface area contributed by atoms with Crippen molar-refractivity contribution >= 4 is 5.91 Å². The third-order valence-electron chi connectivity index (χ3n) is 3.47. The molecule has 3 rings (SSSR count). The second-order valence-corrected chi connectivity index (χ2v) is 5.12. The lowest BCUT2D eigenvalue weighted by Crippen LogP contribution is -2.24. The predicted molar refractivity (Wildman–Crippen MR) is 81.3 cm³/mol. The minimum atomic E-state index is -0.291. The average Bonchev–Trinajstić information content (AvgIpc) is 3.17. The van der Waals surface area contributed by atoms with Crippen LogP contribution in [0.15, 0.2) is 51.8 Å². The van der Waals surface area contributed by atoms with E-state index in [0.717, 1.165) is 16.7 Å². The molecule has 3 aromatic rings. The fourth-order valence-electron chi connectivity index (χ4n) is 2.24. The number of hydrogen-bond acceptors (Lipinski definition) is 4. The molecule has 22 heavy (non-hydrogen) atoms. The number of aromatic nitrogens is 1. The van der Waals surface area contributed by atoms with Crippen LogP contribution in [-0.2, 0) is 6.54 Å².